The van der Waals surface area contributed by atoms with Crippen molar-refractivity contribution in [3.05, 3.63) is 78.4 Å². The number of para-hydroxylation sites is 1. The molecule has 24 heavy (non-hydrogen) atoms. The Labute approximate surface area is 141 Å². The van der Waals surface area contributed by atoms with Crippen LogP contribution in [-0.2, 0) is 13.1 Å². The summed E-state index contributed by atoms with van der Waals surface area (Å²) in [7, 11) is 1.75. The van der Waals surface area contributed by atoms with E-state index in [1.807, 2.05) is 65.6 Å². The first-order valence-corrected chi connectivity index (χ1v) is 7.78. The van der Waals surface area contributed by atoms with E-state index in [1.165, 1.54) is 0 Å². The molecule has 0 fully saturated rings. The highest BCUT2D eigenvalue weighted by atomic mass is 15.3. The summed E-state index contributed by atoms with van der Waals surface area (Å²) < 4.78 is 1.86. The van der Waals surface area contributed by atoms with Gasteiger partial charge in [0.1, 0.15) is 0 Å². The summed E-state index contributed by atoms with van der Waals surface area (Å²) in [4.78, 5) is 8.50. The van der Waals surface area contributed by atoms with E-state index in [0.717, 1.165) is 22.9 Å². The fourth-order valence-electron chi connectivity index (χ4n) is 2.26. The van der Waals surface area contributed by atoms with Crippen molar-refractivity contribution in [1.82, 2.24) is 25.4 Å². The highest BCUT2D eigenvalue weighted by Crippen LogP contribution is 2.07. The Kier molecular flexibility index (Phi) is 5.19. The van der Waals surface area contributed by atoms with E-state index in [9.17, 15) is 0 Å². The van der Waals surface area contributed by atoms with Crippen LogP contribution in [0.4, 0.5) is 0 Å². The lowest BCUT2D eigenvalue weighted by atomic mass is 10.3. The van der Waals surface area contributed by atoms with Crippen molar-refractivity contribution in [3.8, 4) is 5.69 Å². The normalized spacial score (nSPS) is 11.3. The van der Waals surface area contributed by atoms with Gasteiger partial charge >= 0.3 is 0 Å². The van der Waals surface area contributed by atoms with Crippen LogP contribution < -0.4 is 10.6 Å². The van der Waals surface area contributed by atoms with E-state index in [4.69, 9.17) is 0 Å². The average Bonchev–Trinajstić information content (AvgIpc) is 3.12. The Balaban J connectivity index is 1.54. The minimum absolute atomic E-state index is 0.629. The Morgan fingerprint density at radius 3 is 2.58 bits per heavy atom. The average molecular weight is 320 g/mol. The predicted octanol–water partition coefficient (Wildman–Crippen LogP) is 2.13. The third kappa shape index (κ3) is 4.19. The van der Waals surface area contributed by atoms with Crippen LogP contribution in [0, 0.1) is 0 Å². The molecule has 2 N–H and O–H groups in total. The first-order chi connectivity index (χ1) is 11.8. The summed E-state index contributed by atoms with van der Waals surface area (Å²) in [5.41, 5.74) is 3.10. The number of hydrogen-bond donors (Lipinski definition) is 2. The molecule has 3 rings (SSSR count). The molecular weight excluding hydrogens is 300 g/mol. The minimum Gasteiger partial charge on any atom is -0.352 e. The van der Waals surface area contributed by atoms with Gasteiger partial charge in [0.2, 0.25) is 0 Å². The van der Waals surface area contributed by atoms with Crippen LogP contribution in [0.3, 0.4) is 0 Å². The molecule has 6 heteroatoms. The molecule has 0 aliphatic rings. The number of pyridine rings is 1. The van der Waals surface area contributed by atoms with Crippen LogP contribution in [0.2, 0.25) is 0 Å². The van der Waals surface area contributed by atoms with Crippen molar-refractivity contribution in [1.29, 1.82) is 0 Å². The maximum atomic E-state index is 4.39. The van der Waals surface area contributed by atoms with E-state index >= 15 is 0 Å². The number of hydrogen-bond acceptors (Lipinski definition) is 3. The Bertz CT molecular complexity index is 780. The number of nitrogens with one attached hydrogen (secondary N) is 2. The largest absolute Gasteiger partial charge is 0.352 e. The van der Waals surface area contributed by atoms with E-state index in [2.05, 4.69) is 25.7 Å². The highest BCUT2D eigenvalue weighted by Gasteiger charge is 2.03. The zero-order chi connectivity index (χ0) is 16.6. The molecule has 0 bridgehead atoms. The summed E-state index contributed by atoms with van der Waals surface area (Å²) in [6.45, 7) is 1.28. The van der Waals surface area contributed by atoms with Gasteiger partial charge in [0.05, 0.1) is 24.1 Å². The molecule has 0 aliphatic carbocycles. The van der Waals surface area contributed by atoms with Gasteiger partial charge in [-0.15, -0.1) is 0 Å². The second kappa shape index (κ2) is 7.92. The number of benzene rings is 1. The molecule has 122 valence electrons. The first-order valence-electron chi connectivity index (χ1n) is 7.78. The van der Waals surface area contributed by atoms with Gasteiger partial charge in [-0.1, -0.05) is 24.3 Å². The number of aromatic nitrogens is 3. The van der Waals surface area contributed by atoms with Gasteiger partial charge in [0.15, 0.2) is 5.96 Å². The topological polar surface area (TPSA) is 67.1 Å². The Morgan fingerprint density at radius 1 is 1.04 bits per heavy atom. The molecule has 0 spiro atoms. The SMILES string of the molecule is CN=C(NCc1cnn(-c2ccccc2)c1)NCc1ccccn1. The van der Waals surface area contributed by atoms with Crippen molar-refractivity contribution < 1.29 is 0 Å². The van der Waals surface area contributed by atoms with Gasteiger partial charge in [0.25, 0.3) is 0 Å². The lowest BCUT2D eigenvalue weighted by Crippen LogP contribution is -2.36. The molecule has 6 nitrogen and oxygen atoms in total. The molecule has 0 saturated heterocycles. The highest BCUT2D eigenvalue weighted by molar-refractivity contribution is 5.79. The fourth-order valence-corrected chi connectivity index (χ4v) is 2.26. The van der Waals surface area contributed by atoms with E-state index in [-0.39, 0.29) is 0 Å². The zero-order valence-corrected chi connectivity index (χ0v) is 13.6. The van der Waals surface area contributed by atoms with Crippen LogP contribution in [0.1, 0.15) is 11.3 Å². The summed E-state index contributed by atoms with van der Waals surface area (Å²) in [6, 6.07) is 15.9. The maximum Gasteiger partial charge on any atom is 0.191 e. The van der Waals surface area contributed by atoms with Crippen LogP contribution in [0.5, 0.6) is 0 Å². The number of guanidine groups is 1. The van der Waals surface area contributed by atoms with Gasteiger partial charge < -0.3 is 10.6 Å². The standard InChI is InChI=1S/C18H20N6/c1-19-18(22-13-16-7-5-6-10-20-16)21-11-15-12-23-24(14-15)17-8-3-2-4-9-17/h2-10,12,14H,11,13H2,1H3,(H2,19,21,22). The monoisotopic (exact) mass is 320 g/mol. The second-order valence-corrected chi connectivity index (χ2v) is 5.23. The third-order valence-corrected chi connectivity index (χ3v) is 3.50. The van der Waals surface area contributed by atoms with E-state index in [1.54, 1.807) is 13.2 Å². The molecule has 0 aliphatic heterocycles. The smallest absolute Gasteiger partial charge is 0.191 e. The Hall–Kier alpha value is -3.15. The lowest BCUT2D eigenvalue weighted by molar-refractivity contribution is 0.794. The lowest BCUT2D eigenvalue weighted by Gasteiger charge is -2.10. The summed E-state index contributed by atoms with van der Waals surface area (Å²) in [6.07, 6.45) is 5.64. The molecule has 2 aromatic heterocycles. The third-order valence-electron chi connectivity index (χ3n) is 3.50. The van der Waals surface area contributed by atoms with E-state index < -0.39 is 0 Å². The molecular formula is C18H20N6. The molecule has 0 amide bonds. The van der Waals surface area contributed by atoms with Crippen molar-refractivity contribution in [3.63, 3.8) is 0 Å². The molecule has 0 saturated carbocycles. The van der Waals surface area contributed by atoms with Crippen molar-refractivity contribution in [2.45, 2.75) is 13.1 Å². The fraction of sp³-hybridized carbons (Fsp3) is 0.167. The van der Waals surface area contributed by atoms with Crippen molar-refractivity contribution >= 4 is 5.96 Å². The quantitative estimate of drug-likeness (QED) is 0.558. The molecule has 0 radical (unpaired) electrons. The van der Waals surface area contributed by atoms with Gasteiger partial charge in [-0.3, -0.25) is 9.98 Å². The van der Waals surface area contributed by atoms with E-state index in [0.29, 0.717) is 13.1 Å². The van der Waals surface area contributed by atoms with Gasteiger partial charge in [-0.05, 0) is 24.3 Å². The van der Waals surface area contributed by atoms with Crippen LogP contribution in [-0.4, -0.2) is 27.8 Å². The van der Waals surface area contributed by atoms with Crippen LogP contribution in [0.15, 0.2) is 72.1 Å². The summed E-state index contributed by atoms with van der Waals surface area (Å²) >= 11 is 0. The molecule has 0 unspecified atom stereocenters. The van der Waals surface area contributed by atoms with Crippen LogP contribution >= 0.6 is 0 Å². The molecule has 0 atom stereocenters. The van der Waals surface area contributed by atoms with Crippen molar-refractivity contribution in [2.75, 3.05) is 7.05 Å². The second-order valence-electron chi connectivity index (χ2n) is 5.23. The summed E-state index contributed by atoms with van der Waals surface area (Å²) in [5.74, 6) is 0.730. The Morgan fingerprint density at radius 2 is 1.83 bits per heavy atom. The van der Waals surface area contributed by atoms with Crippen LogP contribution in [0.25, 0.3) is 5.69 Å². The number of aliphatic imine (C=N–C) groups is 1. The van der Waals surface area contributed by atoms with Gasteiger partial charge in [-0.25, -0.2) is 4.68 Å². The number of nitrogens with zero attached hydrogens (tertiary/aromatic N) is 4. The molecule has 3 aromatic rings. The molecule has 1 aromatic carbocycles. The predicted molar refractivity (Wildman–Crippen MR) is 94.8 cm³/mol. The van der Waals surface area contributed by atoms with Gasteiger partial charge in [0, 0.05) is 31.5 Å². The number of rotatable bonds is 5. The first kappa shape index (κ1) is 15.7. The van der Waals surface area contributed by atoms with Crippen molar-refractivity contribution in [2.24, 2.45) is 4.99 Å². The van der Waals surface area contributed by atoms with Gasteiger partial charge in [-0.2, -0.15) is 5.10 Å². The minimum atomic E-state index is 0.629. The zero-order valence-electron chi connectivity index (χ0n) is 13.6. The molecule has 2 heterocycles. The maximum absolute atomic E-state index is 4.39. The summed E-state index contributed by atoms with van der Waals surface area (Å²) in [5, 5.41) is 10.9.